The fraction of sp³-hybridized carbons (Fsp3) is 0.571. The summed E-state index contributed by atoms with van der Waals surface area (Å²) in [5, 5.41) is 10.4. The summed E-state index contributed by atoms with van der Waals surface area (Å²) in [7, 11) is 0. The molecule has 1 aliphatic heterocycles. The first-order valence-electron chi connectivity index (χ1n) is 5.94. The van der Waals surface area contributed by atoms with Crippen LogP contribution in [0.5, 0.6) is 0 Å². The van der Waals surface area contributed by atoms with Crippen molar-refractivity contribution in [3.8, 4) is 0 Å². The number of aliphatic hydroxyl groups is 1. The van der Waals surface area contributed by atoms with Crippen molar-refractivity contribution in [3.05, 3.63) is 34.9 Å². The Kier molecular flexibility index (Phi) is 3.31. The Labute approximate surface area is 97.3 Å². The molecule has 16 heavy (non-hydrogen) atoms. The van der Waals surface area contributed by atoms with Gasteiger partial charge in [0.1, 0.15) is 0 Å². The van der Waals surface area contributed by atoms with Crippen LogP contribution in [-0.2, 0) is 4.74 Å². The highest BCUT2D eigenvalue weighted by atomic mass is 16.5. The number of rotatable bonds is 2. The predicted octanol–water partition coefficient (Wildman–Crippen LogP) is 2.76. The SMILES string of the molecule is Cc1ccc(C)c(C(O)C2COC(C)C2)c1. The van der Waals surface area contributed by atoms with E-state index in [4.69, 9.17) is 4.74 Å². The maximum atomic E-state index is 10.4. The largest absolute Gasteiger partial charge is 0.388 e. The molecule has 0 aromatic heterocycles. The van der Waals surface area contributed by atoms with Gasteiger partial charge in [-0.2, -0.15) is 0 Å². The Morgan fingerprint density at radius 3 is 2.75 bits per heavy atom. The van der Waals surface area contributed by atoms with Gasteiger partial charge in [-0.25, -0.2) is 0 Å². The zero-order chi connectivity index (χ0) is 11.7. The molecule has 2 heteroatoms. The van der Waals surface area contributed by atoms with E-state index in [1.165, 1.54) is 5.56 Å². The molecule has 0 bridgehead atoms. The summed E-state index contributed by atoms with van der Waals surface area (Å²) >= 11 is 0. The van der Waals surface area contributed by atoms with Gasteiger partial charge in [0.25, 0.3) is 0 Å². The van der Waals surface area contributed by atoms with Crippen molar-refractivity contribution in [3.63, 3.8) is 0 Å². The molecule has 1 saturated heterocycles. The van der Waals surface area contributed by atoms with Crippen LogP contribution in [-0.4, -0.2) is 17.8 Å². The molecule has 0 amide bonds. The van der Waals surface area contributed by atoms with E-state index in [9.17, 15) is 5.11 Å². The number of benzene rings is 1. The normalized spacial score (nSPS) is 27.0. The molecular weight excluding hydrogens is 200 g/mol. The number of aliphatic hydroxyl groups excluding tert-OH is 1. The number of ether oxygens (including phenoxy) is 1. The standard InChI is InChI=1S/C14H20O2/c1-9-4-5-10(2)13(6-9)14(15)12-7-11(3)16-8-12/h4-6,11-12,14-15H,7-8H2,1-3H3. The van der Waals surface area contributed by atoms with Crippen molar-refractivity contribution in [2.45, 2.75) is 39.4 Å². The summed E-state index contributed by atoms with van der Waals surface area (Å²) in [4.78, 5) is 0. The monoisotopic (exact) mass is 220 g/mol. The van der Waals surface area contributed by atoms with Crippen molar-refractivity contribution >= 4 is 0 Å². The van der Waals surface area contributed by atoms with Crippen molar-refractivity contribution < 1.29 is 9.84 Å². The smallest absolute Gasteiger partial charge is 0.0843 e. The van der Waals surface area contributed by atoms with E-state index in [2.05, 4.69) is 39.0 Å². The second-order valence-electron chi connectivity index (χ2n) is 4.94. The molecule has 1 N–H and O–H groups in total. The van der Waals surface area contributed by atoms with Crippen LogP contribution in [0.4, 0.5) is 0 Å². The van der Waals surface area contributed by atoms with Crippen molar-refractivity contribution in [1.29, 1.82) is 0 Å². The van der Waals surface area contributed by atoms with Crippen LogP contribution in [0.3, 0.4) is 0 Å². The van der Waals surface area contributed by atoms with Gasteiger partial charge < -0.3 is 9.84 Å². The molecular formula is C14H20O2. The van der Waals surface area contributed by atoms with E-state index < -0.39 is 0 Å². The molecule has 0 spiro atoms. The Morgan fingerprint density at radius 1 is 1.38 bits per heavy atom. The van der Waals surface area contributed by atoms with E-state index >= 15 is 0 Å². The van der Waals surface area contributed by atoms with Crippen LogP contribution < -0.4 is 0 Å². The first kappa shape index (κ1) is 11.6. The van der Waals surface area contributed by atoms with Crippen LogP contribution in [0.2, 0.25) is 0 Å². The zero-order valence-corrected chi connectivity index (χ0v) is 10.2. The molecule has 1 aliphatic rings. The number of aryl methyl sites for hydroxylation is 2. The van der Waals surface area contributed by atoms with Crippen LogP contribution in [0.25, 0.3) is 0 Å². The van der Waals surface area contributed by atoms with Gasteiger partial charge in [-0.1, -0.05) is 23.8 Å². The lowest BCUT2D eigenvalue weighted by Crippen LogP contribution is -2.14. The topological polar surface area (TPSA) is 29.5 Å². The third-order valence-corrected chi connectivity index (χ3v) is 3.43. The first-order chi connectivity index (χ1) is 7.58. The fourth-order valence-electron chi connectivity index (χ4n) is 2.40. The molecule has 3 unspecified atom stereocenters. The summed E-state index contributed by atoms with van der Waals surface area (Å²) in [6, 6.07) is 6.25. The second kappa shape index (κ2) is 4.56. The van der Waals surface area contributed by atoms with Gasteiger partial charge in [0.15, 0.2) is 0 Å². The van der Waals surface area contributed by atoms with Crippen LogP contribution in [0.1, 0.15) is 36.1 Å². The molecule has 0 aliphatic carbocycles. The molecule has 0 radical (unpaired) electrons. The maximum absolute atomic E-state index is 10.4. The predicted molar refractivity (Wildman–Crippen MR) is 64.4 cm³/mol. The lowest BCUT2D eigenvalue weighted by Gasteiger charge is -2.19. The molecule has 1 fully saturated rings. The third kappa shape index (κ3) is 2.28. The summed E-state index contributed by atoms with van der Waals surface area (Å²) in [6.07, 6.45) is 0.851. The van der Waals surface area contributed by atoms with Gasteiger partial charge >= 0.3 is 0 Å². The van der Waals surface area contributed by atoms with E-state index in [-0.39, 0.29) is 18.1 Å². The Bertz CT molecular complexity index is 373. The molecule has 1 aromatic carbocycles. The maximum Gasteiger partial charge on any atom is 0.0843 e. The lowest BCUT2D eigenvalue weighted by molar-refractivity contribution is 0.0800. The Hall–Kier alpha value is -0.860. The third-order valence-electron chi connectivity index (χ3n) is 3.43. The second-order valence-corrected chi connectivity index (χ2v) is 4.94. The first-order valence-corrected chi connectivity index (χ1v) is 5.94. The minimum absolute atomic E-state index is 0.246. The highest BCUT2D eigenvalue weighted by Gasteiger charge is 2.29. The lowest BCUT2D eigenvalue weighted by atomic mass is 9.90. The summed E-state index contributed by atoms with van der Waals surface area (Å²) < 4.78 is 5.52. The van der Waals surface area contributed by atoms with Crippen molar-refractivity contribution in [2.75, 3.05) is 6.61 Å². The van der Waals surface area contributed by atoms with Gasteiger partial charge in [0.2, 0.25) is 0 Å². The summed E-state index contributed by atoms with van der Waals surface area (Å²) in [5.74, 6) is 0.246. The molecule has 1 heterocycles. The minimum atomic E-state index is -0.384. The van der Waals surface area contributed by atoms with Gasteiger partial charge in [-0.15, -0.1) is 0 Å². The quantitative estimate of drug-likeness (QED) is 0.830. The highest BCUT2D eigenvalue weighted by Crippen LogP contribution is 2.33. The van der Waals surface area contributed by atoms with E-state index in [1.54, 1.807) is 0 Å². The average molecular weight is 220 g/mol. The number of hydrogen-bond acceptors (Lipinski definition) is 2. The highest BCUT2D eigenvalue weighted by molar-refractivity contribution is 5.32. The molecule has 88 valence electrons. The average Bonchev–Trinajstić information content (AvgIpc) is 2.67. The van der Waals surface area contributed by atoms with Crippen LogP contribution >= 0.6 is 0 Å². The summed E-state index contributed by atoms with van der Waals surface area (Å²) in [6.45, 7) is 6.85. The minimum Gasteiger partial charge on any atom is -0.388 e. The molecule has 2 rings (SSSR count). The molecule has 1 aromatic rings. The van der Waals surface area contributed by atoms with E-state index in [0.29, 0.717) is 6.61 Å². The number of hydrogen-bond donors (Lipinski definition) is 1. The molecule has 3 atom stereocenters. The van der Waals surface area contributed by atoms with Gasteiger partial charge in [-0.05, 0) is 38.3 Å². The van der Waals surface area contributed by atoms with E-state index in [1.807, 2.05) is 0 Å². The Morgan fingerprint density at radius 2 is 2.12 bits per heavy atom. The zero-order valence-electron chi connectivity index (χ0n) is 10.2. The van der Waals surface area contributed by atoms with Gasteiger partial charge in [0.05, 0.1) is 18.8 Å². The van der Waals surface area contributed by atoms with Crippen LogP contribution in [0.15, 0.2) is 18.2 Å². The molecule has 0 saturated carbocycles. The van der Waals surface area contributed by atoms with Crippen molar-refractivity contribution in [2.24, 2.45) is 5.92 Å². The summed E-state index contributed by atoms with van der Waals surface area (Å²) in [5.41, 5.74) is 3.42. The Balaban J connectivity index is 2.20. The fourth-order valence-corrected chi connectivity index (χ4v) is 2.40. The van der Waals surface area contributed by atoms with E-state index in [0.717, 1.165) is 17.5 Å². The van der Waals surface area contributed by atoms with Gasteiger partial charge in [-0.3, -0.25) is 0 Å². The molecule has 2 nitrogen and oxygen atoms in total. The van der Waals surface area contributed by atoms with Gasteiger partial charge in [0, 0.05) is 5.92 Å². The van der Waals surface area contributed by atoms with Crippen LogP contribution in [0, 0.1) is 19.8 Å². The van der Waals surface area contributed by atoms with Crippen molar-refractivity contribution in [1.82, 2.24) is 0 Å².